The zero-order valence-corrected chi connectivity index (χ0v) is 9.96. The van der Waals surface area contributed by atoms with Gasteiger partial charge in [0.2, 0.25) is 5.13 Å². The van der Waals surface area contributed by atoms with Crippen LogP contribution in [0.2, 0.25) is 0 Å². The van der Waals surface area contributed by atoms with E-state index in [2.05, 4.69) is 26.4 Å². The number of anilines is 1. The van der Waals surface area contributed by atoms with E-state index in [0.29, 0.717) is 0 Å². The molecule has 1 aliphatic rings. The molecule has 0 bridgehead atoms. The smallest absolute Gasteiger partial charge is 0.202 e. The molecule has 2 rings (SSSR count). The summed E-state index contributed by atoms with van der Waals surface area (Å²) in [5, 5.41) is 5.10. The van der Waals surface area contributed by atoms with Gasteiger partial charge in [-0.25, -0.2) is 4.98 Å². The standard InChI is InChI=1S/C9H15N3S2/c1-7-11-9(14-12-7)10-6-8-4-2-3-5-13-8/h8H,2-6H2,1H3,(H,10,11,12). The predicted octanol–water partition coefficient (Wildman–Crippen LogP) is 2.54. The molecule has 1 aliphatic heterocycles. The summed E-state index contributed by atoms with van der Waals surface area (Å²) in [6.07, 6.45) is 4.11. The van der Waals surface area contributed by atoms with Crippen molar-refractivity contribution in [1.82, 2.24) is 9.36 Å². The second kappa shape index (κ2) is 4.98. The van der Waals surface area contributed by atoms with Gasteiger partial charge in [-0.2, -0.15) is 16.1 Å². The van der Waals surface area contributed by atoms with Crippen LogP contribution >= 0.6 is 23.3 Å². The third kappa shape index (κ3) is 2.85. The molecule has 14 heavy (non-hydrogen) atoms. The fraction of sp³-hybridized carbons (Fsp3) is 0.778. The maximum atomic E-state index is 4.28. The highest BCUT2D eigenvalue weighted by molar-refractivity contribution is 7.99. The zero-order chi connectivity index (χ0) is 9.80. The van der Waals surface area contributed by atoms with Gasteiger partial charge in [-0.1, -0.05) is 6.42 Å². The lowest BCUT2D eigenvalue weighted by Gasteiger charge is -2.20. The lowest BCUT2D eigenvalue weighted by atomic mass is 10.2. The predicted molar refractivity (Wildman–Crippen MR) is 63.2 cm³/mol. The Hall–Kier alpha value is -0.290. The number of aromatic nitrogens is 2. The van der Waals surface area contributed by atoms with Crippen LogP contribution in [0.4, 0.5) is 5.13 Å². The molecule has 1 fully saturated rings. The summed E-state index contributed by atoms with van der Waals surface area (Å²) in [6.45, 7) is 2.97. The van der Waals surface area contributed by atoms with E-state index in [1.165, 1.54) is 36.5 Å². The molecule has 1 aromatic heterocycles. The molecule has 0 aliphatic carbocycles. The van der Waals surface area contributed by atoms with Crippen LogP contribution in [0, 0.1) is 6.92 Å². The maximum Gasteiger partial charge on any atom is 0.202 e. The Labute approximate surface area is 92.9 Å². The van der Waals surface area contributed by atoms with E-state index in [-0.39, 0.29) is 0 Å². The summed E-state index contributed by atoms with van der Waals surface area (Å²) in [4.78, 5) is 4.28. The Morgan fingerprint density at radius 3 is 3.07 bits per heavy atom. The minimum Gasteiger partial charge on any atom is -0.359 e. The van der Waals surface area contributed by atoms with Crippen molar-refractivity contribution in [3.05, 3.63) is 5.82 Å². The molecule has 0 saturated carbocycles. The van der Waals surface area contributed by atoms with Crippen molar-refractivity contribution in [1.29, 1.82) is 0 Å². The Morgan fingerprint density at radius 1 is 1.50 bits per heavy atom. The fourth-order valence-electron chi connectivity index (χ4n) is 1.54. The third-order valence-electron chi connectivity index (χ3n) is 2.28. The van der Waals surface area contributed by atoms with Crippen molar-refractivity contribution in [3.63, 3.8) is 0 Å². The molecule has 0 amide bonds. The van der Waals surface area contributed by atoms with Crippen LogP contribution in [0.5, 0.6) is 0 Å². The molecule has 0 radical (unpaired) electrons. The van der Waals surface area contributed by atoms with Crippen molar-refractivity contribution in [2.75, 3.05) is 17.6 Å². The maximum absolute atomic E-state index is 4.28. The second-order valence-corrected chi connectivity index (χ2v) is 5.68. The highest BCUT2D eigenvalue weighted by Crippen LogP contribution is 2.25. The van der Waals surface area contributed by atoms with Gasteiger partial charge in [0.15, 0.2) is 0 Å². The molecular weight excluding hydrogens is 214 g/mol. The number of nitrogens with zero attached hydrogens (tertiary/aromatic N) is 2. The van der Waals surface area contributed by atoms with E-state index in [1.54, 1.807) is 0 Å². The molecule has 3 nitrogen and oxygen atoms in total. The Kier molecular flexibility index (Phi) is 3.64. The van der Waals surface area contributed by atoms with Crippen LogP contribution in [0.25, 0.3) is 0 Å². The molecule has 0 spiro atoms. The molecule has 78 valence electrons. The lowest BCUT2D eigenvalue weighted by molar-refractivity contribution is 0.677. The normalized spacial score (nSPS) is 22.2. The van der Waals surface area contributed by atoms with Gasteiger partial charge < -0.3 is 5.32 Å². The monoisotopic (exact) mass is 229 g/mol. The van der Waals surface area contributed by atoms with Gasteiger partial charge in [-0.3, -0.25) is 0 Å². The van der Waals surface area contributed by atoms with Gasteiger partial charge in [0.25, 0.3) is 0 Å². The third-order valence-corrected chi connectivity index (χ3v) is 4.44. The van der Waals surface area contributed by atoms with Crippen LogP contribution in [0.1, 0.15) is 25.1 Å². The van der Waals surface area contributed by atoms with Crippen LogP contribution in [0.15, 0.2) is 0 Å². The highest BCUT2D eigenvalue weighted by atomic mass is 32.2. The zero-order valence-electron chi connectivity index (χ0n) is 8.32. The number of nitrogens with one attached hydrogen (secondary N) is 1. The number of hydrogen-bond acceptors (Lipinski definition) is 5. The summed E-state index contributed by atoms with van der Waals surface area (Å²) in [6, 6.07) is 0. The molecular formula is C9H15N3S2. The molecule has 1 saturated heterocycles. The fourth-order valence-corrected chi connectivity index (χ4v) is 3.36. The number of hydrogen-bond donors (Lipinski definition) is 1. The first-order valence-electron chi connectivity index (χ1n) is 5.00. The van der Waals surface area contributed by atoms with Crippen LogP contribution in [0.3, 0.4) is 0 Å². The molecule has 1 aromatic rings. The molecule has 0 aromatic carbocycles. The van der Waals surface area contributed by atoms with Crippen LogP contribution in [-0.2, 0) is 0 Å². The number of rotatable bonds is 3. The Morgan fingerprint density at radius 2 is 2.43 bits per heavy atom. The van der Waals surface area contributed by atoms with Crippen molar-refractivity contribution < 1.29 is 0 Å². The molecule has 1 atom stereocenters. The lowest BCUT2D eigenvalue weighted by Crippen LogP contribution is -2.19. The molecule has 2 heterocycles. The topological polar surface area (TPSA) is 37.8 Å². The van der Waals surface area contributed by atoms with Gasteiger partial charge in [0, 0.05) is 23.3 Å². The first-order valence-corrected chi connectivity index (χ1v) is 6.82. The van der Waals surface area contributed by atoms with E-state index in [0.717, 1.165) is 22.8 Å². The Balaban J connectivity index is 1.76. The average Bonchev–Trinajstić information content (AvgIpc) is 2.63. The Bertz CT molecular complexity index is 281. The minimum absolute atomic E-state index is 0.771. The van der Waals surface area contributed by atoms with Gasteiger partial charge >= 0.3 is 0 Å². The quantitative estimate of drug-likeness (QED) is 0.864. The van der Waals surface area contributed by atoms with E-state index in [9.17, 15) is 0 Å². The summed E-state index contributed by atoms with van der Waals surface area (Å²) in [5.74, 6) is 2.19. The van der Waals surface area contributed by atoms with Crippen LogP contribution < -0.4 is 5.32 Å². The van der Waals surface area contributed by atoms with E-state index in [4.69, 9.17) is 0 Å². The van der Waals surface area contributed by atoms with Crippen molar-refractivity contribution in [3.8, 4) is 0 Å². The SMILES string of the molecule is Cc1nsc(NCC2CCCCS2)n1. The summed E-state index contributed by atoms with van der Waals surface area (Å²) in [7, 11) is 0. The minimum atomic E-state index is 0.771. The van der Waals surface area contributed by atoms with E-state index < -0.39 is 0 Å². The first kappa shape index (κ1) is 10.2. The number of thioether (sulfide) groups is 1. The second-order valence-electron chi connectivity index (χ2n) is 3.52. The van der Waals surface area contributed by atoms with Crippen LogP contribution in [-0.4, -0.2) is 26.9 Å². The largest absolute Gasteiger partial charge is 0.359 e. The highest BCUT2D eigenvalue weighted by Gasteiger charge is 2.13. The van der Waals surface area contributed by atoms with Gasteiger partial charge in [-0.05, 0) is 25.5 Å². The first-order chi connectivity index (χ1) is 6.84. The summed E-state index contributed by atoms with van der Waals surface area (Å²) < 4.78 is 4.14. The number of aryl methyl sites for hydroxylation is 1. The van der Waals surface area contributed by atoms with Crippen molar-refractivity contribution in [2.24, 2.45) is 0 Å². The average molecular weight is 229 g/mol. The summed E-state index contributed by atoms with van der Waals surface area (Å²) >= 11 is 3.54. The van der Waals surface area contributed by atoms with Gasteiger partial charge in [0.05, 0.1) is 0 Å². The molecule has 5 heteroatoms. The summed E-state index contributed by atoms with van der Waals surface area (Å²) in [5.41, 5.74) is 0. The van der Waals surface area contributed by atoms with Crippen molar-refractivity contribution in [2.45, 2.75) is 31.4 Å². The molecule has 1 N–H and O–H groups in total. The van der Waals surface area contributed by atoms with E-state index in [1.807, 2.05) is 6.92 Å². The molecule has 1 unspecified atom stereocenters. The van der Waals surface area contributed by atoms with E-state index >= 15 is 0 Å². The van der Waals surface area contributed by atoms with Gasteiger partial charge in [-0.15, -0.1) is 0 Å². The van der Waals surface area contributed by atoms with Gasteiger partial charge in [0.1, 0.15) is 5.82 Å². The van der Waals surface area contributed by atoms with Crippen molar-refractivity contribution >= 4 is 28.4 Å².